The van der Waals surface area contributed by atoms with Crippen LogP contribution in [0.1, 0.15) is 41.0 Å². The van der Waals surface area contributed by atoms with Crippen LogP contribution in [-0.2, 0) is 9.59 Å². The lowest BCUT2D eigenvalue weighted by molar-refractivity contribution is -0.181. The van der Waals surface area contributed by atoms with Crippen molar-refractivity contribution in [3.8, 4) is 0 Å². The number of amides is 1. The van der Waals surface area contributed by atoms with E-state index in [0.717, 1.165) is 0 Å². The van der Waals surface area contributed by atoms with E-state index in [1.807, 2.05) is 27.7 Å². The third-order valence-corrected chi connectivity index (χ3v) is 3.84. The Hall–Kier alpha value is -1.14. The van der Waals surface area contributed by atoms with Gasteiger partial charge in [0.1, 0.15) is 5.72 Å². The Kier molecular flexibility index (Phi) is 5.15. The summed E-state index contributed by atoms with van der Waals surface area (Å²) in [6.45, 7) is 9.20. The van der Waals surface area contributed by atoms with E-state index in [4.69, 9.17) is 0 Å². The number of carbonyl (C=O) groups is 2. The van der Waals surface area contributed by atoms with Gasteiger partial charge in [0, 0.05) is 0 Å². The Morgan fingerprint density at radius 2 is 2.00 bits per heavy atom. The predicted molar refractivity (Wildman–Crippen MR) is 74.7 cm³/mol. The minimum Gasteiger partial charge on any atom is -0.481 e. The van der Waals surface area contributed by atoms with Crippen LogP contribution >= 0.6 is 0 Å². The average Bonchev–Trinajstić information content (AvgIpc) is 2.68. The molecule has 6 heteroatoms. The largest absolute Gasteiger partial charge is 0.481 e. The molecule has 1 saturated heterocycles. The summed E-state index contributed by atoms with van der Waals surface area (Å²) in [5.74, 6) is -1.92. The molecule has 0 radical (unpaired) electrons. The van der Waals surface area contributed by atoms with Crippen LogP contribution < -0.4 is 5.32 Å². The van der Waals surface area contributed by atoms with Gasteiger partial charge < -0.3 is 15.5 Å². The molecule has 0 bridgehead atoms. The Labute approximate surface area is 120 Å². The van der Waals surface area contributed by atoms with Crippen molar-refractivity contribution in [2.24, 2.45) is 17.8 Å². The highest BCUT2D eigenvalue weighted by atomic mass is 16.4. The monoisotopic (exact) mass is 286 g/mol. The standard InChI is InChI=1S/C14H26N2O4/c1-8(2)6-10(13(18)19)14(5,20)16-7-11(17)15-12(16)9(3)4/h8-10,12,20H,6-7H2,1-5H3,(H,15,17)(H,18,19). The highest BCUT2D eigenvalue weighted by molar-refractivity contribution is 5.81. The van der Waals surface area contributed by atoms with Crippen molar-refractivity contribution < 1.29 is 19.8 Å². The van der Waals surface area contributed by atoms with Crippen LogP contribution in [0.4, 0.5) is 0 Å². The first-order valence-electron chi connectivity index (χ1n) is 7.08. The Bertz CT molecular complexity index is 379. The summed E-state index contributed by atoms with van der Waals surface area (Å²) < 4.78 is 0. The summed E-state index contributed by atoms with van der Waals surface area (Å²) in [5.41, 5.74) is -1.57. The number of hydrogen-bond acceptors (Lipinski definition) is 4. The topological polar surface area (TPSA) is 89.9 Å². The molecule has 0 aromatic heterocycles. The van der Waals surface area contributed by atoms with E-state index in [2.05, 4.69) is 5.32 Å². The summed E-state index contributed by atoms with van der Waals surface area (Å²) in [4.78, 5) is 24.7. The van der Waals surface area contributed by atoms with Gasteiger partial charge in [-0.25, -0.2) is 4.90 Å². The number of aliphatic hydroxyl groups is 1. The lowest BCUT2D eigenvalue weighted by Gasteiger charge is -2.42. The lowest BCUT2D eigenvalue weighted by atomic mass is 9.86. The van der Waals surface area contributed by atoms with Crippen LogP contribution in [0.15, 0.2) is 0 Å². The van der Waals surface area contributed by atoms with E-state index in [1.165, 1.54) is 6.92 Å². The van der Waals surface area contributed by atoms with Crippen LogP contribution in [0.3, 0.4) is 0 Å². The zero-order valence-corrected chi connectivity index (χ0v) is 12.9. The van der Waals surface area contributed by atoms with Crippen molar-refractivity contribution in [3.63, 3.8) is 0 Å². The minimum atomic E-state index is -1.57. The van der Waals surface area contributed by atoms with Gasteiger partial charge in [-0.1, -0.05) is 27.7 Å². The maximum atomic E-state index is 11.6. The molecular formula is C14H26N2O4. The molecule has 116 valence electrons. The van der Waals surface area contributed by atoms with Gasteiger partial charge in [0.05, 0.1) is 18.6 Å². The van der Waals surface area contributed by atoms with Crippen molar-refractivity contribution in [2.45, 2.75) is 52.9 Å². The Morgan fingerprint density at radius 3 is 2.40 bits per heavy atom. The first-order chi connectivity index (χ1) is 9.07. The van der Waals surface area contributed by atoms with Gasteiger partial charge in [0.15, 0.2) is 0 Å². The van der Waals surface area contributed by atoms with Crippen molar-refractivity contribution in [1.82, 2.24) is 10.2 Å². The molecule has 1 rings (SSSR count). The summed E-state index contributed by atoms with van der Waals surface area (Å²) in [6, 6.07) is 0. The fraction of sp³-hybridized carbons (Fsp3) is 0.857. The number of carbonyl (C=O) groups excluding carboxylic acids is 1. The number of nitrogens with one attached hydrogen (secondary N) is 1. The van der Waals surface area contributed by atoms with E-state index in [1.54, 1.807) is 4.90 Å². The molecule has 1 amide bonds. The first-order valence-corrected chi connectivity index (χ1v) is 7.08. The molecule has 0 aromatic carbocycles. The zero-order chi connectivity index (χ0) is 15.7. The molecule has 0 aliphatic carbocycles. The van der Waals surface area contributed by atoms with Crippen LogP contribution in [0, 0.1) is 17.8 Å². The second kappa shape index (κ2) is 6.10. The minimum absolute atomic E-state index is 0.0255. The fourth-order valence-electron chi connectivity index (χ4n) is 2.74. The number of carboxylic acid groups (broad SMARTS) is 1. The van der Waals surface area contributed by atoms with Crippen molar-refractivity contribution >= 4 is 11.9 Å². The van der Waals surface area contributed by atoms with Gasteiger partial charge in [-0.3, -0.25) is 9.59 Å². The number of rotatable bonds is 6. The molecule has 1 heterocycles. The quantitative estimate of drug-likeness (QED) is 0.673. The third-order valence-electron chi connectivity index (χ3n) is 3.84. The molecule has 1 aliphatic heterocycles. The van der Waals surface area contributed by atoms with Crippen molar-refractivity contribution in [3.05, 3.63) is 0 Å². The molecule has 6 nitrogen and oxygen atoms in total. The molecule has 0 spiro atoms. The Balaban J connectivity index is 3.04. The van der Waals surface area contributed by atoms with Crippen LogP contribution in [-0.4, -0.2) is 45.4 Å². The second-order valence-electron chi connectivity index (χ2n) is 6.50. The molecule has 1 fully saturated rings. The van der Waals surface area contributed by atoms with E-state index in [0.29, 0.717) is 6.42 Å². The average molecular weight is 286 g/mol. The molecule has 3 atom stereocenters. The molecule has 0 saturated carbocycles. The second-order valence-corrected chi connectivity index (χ2v) is 6.50. The zero-order valence-electron chi connectivity index (χ0n) is 12.9. The van der Waals surface area contributed by atoms with E-state index < -0.39 is 17.6 Å². The van der Waals surface area contributed by atoms with E-state index >= 15 is 0 Å². The van der Waals surface area contributed by atoms with Crippen LogP contribution in [0.25, 0.3) is 0 Å². The summed E-state index contributed by atoms with van der Waals surface area (Å²) in [7, 11) is 0. The summed E-state index contributed by atoms with van der Waals surface area (Å²) in [5, 5.41) is 23.0. The van der Waals surface area contributed by atoms with Gasteiger partial charge in [0.2, 0.25) is 5.91 Å². The normalized spacial score (nSPS) is 24.8. The fourth-order valence-corrected chi connectivity index (χ4v) is 2.74. The third kappa shape index (κ3) is 3.49. The highest BCUT2D eigenvalue weighted by Crippen LogP contribution is 2.32. The smallest absolute Gasteiger partial charge is 0.310 e. The number of carboxylic acids is 1. The highest BCUT2D eigenvalue weighted by Gasteiger charge is 2.49. The lowest BCUT2D eigenvalue weighted by Crippen LogP contribution is -2.58. The van der Waals surface area contributed by atoms with E-state index in [9.17, 15) is 19.8 Å². The molecule has 20 heavy (non-hydrogen) atoms. The van der Waals surface area contributed by atoms with Crippen LogP contribution in [0.2, 0.25) is 0 Å². The van der Waals surface area contributed by atoms with Gasteiger partial charge in [-0.05, 0) is 25.2 Å². The summed E-state index contributed by atoms with van der Waals surface area (Å²) in [6.07, 6.45) is 0.0178. The molecule has 1 aliphatic rings. The van der Waals surface area contributed by atoms with Crippen molar-refractivity contribution in [2.75, 3.05) is 6.54 Å². The predicted octanol–water partition coefficient (Wildman–Crippen LogP) is 0.856. The molecular weight excluding hydrogens is 260 g/mol. The summed E-state index contributed by atoms with van der Waals surface area (Å²) >= 11 is 0. The SMILES string of the molecule is CC(C)CC(C(=O)O)C(C)(O)N1CC(=O)NC1C(C)C. The van der Waals surface area contributed by atoms with Gasteiger partial charge >= 0.3 is 5.97 Å². The van der Waals surface area contributed by atoms with E-state index in [-0.39, 0.29) is 30.5 Å². The van der Waals surface area contributed by atoms with Gasteiger partial charge in [-0.15, -0.1) is 0 Å². The first kappa shape index (κ1) is 16.9. The van der Waals surface area contributed by atoms with Crippen molar-refractivity contribution in [1.29, 1.82) is 0 Å². The molecule has 0 aromatic rings. The number of nitrogens with zero attached hydrogens (tertiary/aromatic N) is 1. The maximum Gasteiger partial charge on any atom is 0.310 e. The molecule has 3 unspecified atom stereocenters. The number of aliphatic carboxylic acids is 1. The van der Waals surface area contributed by atoms with Gasteiger partial charge in [-0.2, -0.15) is 0 Å². The number of hydrogen-bond donors (Lipinski definition) is 3. The maximum absolute atomic E-state index is 11.6. The van der Waals surface area contributed by atoms with Crippen LogP contribution in [0.5, 0.6) is 0 Å². The molecule has 3 N–H and O–H groups in total. The Morgan fingerprint density at radius 1 is 1.45 bits per heavy atom. The van der Waals surface area contributed by atoms with Gasteiger partial charge in [0.25, 0.3) is 0 Å².